The van der Waals surface area contributed by atoms with Gasteiger partial charge in [0, 0.05) is 22.3 Å². The highest BCUT2D eigenvalue weighted by molar-refractivity contribution is 7.22. The zero-order valence-electron chi connectivity index (χ0n) is 19.4. The molecule has 2 heterocycles. The maximum Gasteiger partial charge on any atom is 0.240 e. The number of carbonyl (C=O) groups is 1. The predicted molar refractivity (Wildman–Crippen MR) is 139 cm³/mol. The Bertz CT molecular complexity index is 1230. The predicted octanol–water partition coefficient (Wildman–Crippen LogP) is 6.58. The number of carbonyl (C=O) groups excluding carboxylic acids is 1. The van der Waals surface area contributed by atoms with Crippen molar-refractivity contribution in [2.75, 3.05) is 18.5 Å². The van der Waals surface area contributed by atoms with Gasteiger partial charge in [-0.3, -0.25) is 9.69 Å². The number of hydrogen-bond donors (Lipinski definition) is 1. The van der Waals surface area contributed by atoms with E-state index >= 15 is 0 Å². The van der Waals surface area contributed by atoms with Crippen molar-refractivity contribution in [1.29, 1.82) is 0 Å². The lowest BCUT2D eigenvalue weighted by Crippen LogP contribution is -2.37. The van der Waals surface area contributed by atoms with E-state index in [0.29, 0.717) is 18.3 Å². The van der Waals surface area contributed by atoms with Crippen LogP contribution >= 0.6 is 22.7 Å². The largest absolute Gasteiger partial charge is 0.494 e. The molecular formula is C26H29N3O2S2. The zero-order valence-corrected chi connectivity index (χ0v) is 21.1. The summed E-state index contributed by atoms with van der Waals surface area (Å²) in [6.07, 6.45) is 0. The standard InChI is InChI=1S/C26H29N3O2S2/c1-5-31-20-10-12-22-24(14-20)33-26(27-22)28-25(30)16-29(17(2)3)15-21-11-13-23(32-21)19-8-6-18(4)7-9-19/h6-14,17H,5,15-16H2,1-4H3,(H,27,28,30). The summed E-state index contributed by atoms with van der Waals surface area (Å²) in [6.45, 7) is 9.97. The molecule has 172 valence electrons. The number of benzene rings is 2. The van der Waals surface area contributed by atoms with Crippen molar-refractivity contribution in [3.05, 3.63) is 65.0 Å². The first kappa shape index (κ1) is 23.4. The molecule has 5 nitrogen and oxygen atoms in total. The molecule has 7 heteroatoms. The highest BCUT2D eigenvalue weighted by Crippen LogP contribution is 2.30. The first-order valence-corrected chi connectivity index (χ1v) is 12.8. The number of anilines is 1. The van der Waals surface area contributed by atoms with Gasteiger partial charge in [-0.25, -0.2) is 4.98 Å². The van der Waals surface area contributed by atoms with Gasteiger partial charge in [0.1, 0.15) is 5.75 Å². The summed E-state index contributed by atoms with van der Waals surface area (Å²) >= 11 is 3.25. The summed E-state index contributed by atoms with van der Waals surface area (Å²) in [6, 6.07) is 19.0. The van der Waals surface area contributed by atoms with E-state index in [-0.39, 0.29) is 11.9 Å². The van der Waals surface area contributed by atoms with Crippen molar-refractivity contribution in [2.24, 2.45) is 0 Å². The smallest absolute Gasteiger partial charge is 0.240 e. The maximum atomic E-state index is 12.8. The van der Waals surface area contributed by atoms with E-state index in [1.807, 2.05) is 25.1 Å². The number of nitrogens with zero attached hydrogens (tertiary/aromatic N) is 2. The van der Waals surface area contributed by atoms with Crippen LogP contribution in [0.25, 0.3) is 20.7 Å². The molecule has 2 aromatic heterocycles. The van der Waals surface area contributed by atoms with Gasteiger partial charge in [0.15, 0.2) is 5.13 Å². The molecule has 4 rings (SSSR count). The van der Waals surface area contributed by atoms with Gasteiger partial charge in [0.05, 0.1) is 23.4 Å². The molecule has 33 heavy (non-hydrogen) atoms. The Kier molecular flexibility index (Phi) is 7.42. The van der Waals surface area contributed by atoms with Crippen LogP contribution in [0.15, 0.2) is 54.6 Å². The fraction of sp³-hybridized carbons (Fsp3) is 0.308. The molecule has 0 saturated carbocycles. The minimum Gasteiger partial charge on any atom is -0.494 e. The Balaban J connectivity index is 1.40. The van der Waals surface area contributed by atoms with Crippen LogP contribution in [0.4, 0.5) is 5.13 Å². The lowest BCUT2D eigenvalue weighted by Gasteiger charge is -2.25. The third-order valence-electron chi connectivity index (χ3n) is 5.35. The Labute approximate surface area is 203 Å². The van der Waals surface area contributed by atoms with Crippen molar-refractivity contribution < 1.29 is 9.53 Å². The number of thiazole rings is 1. The Hall–Kier alpha value is -2.74. The van der Waals surface area contributed by atoms with E-state index in [1.54, 1.807) is 11.3 Å². The maximum absolute atomic E-state index is 12.8. The van der Waals surface area contributed by atoms with Crippen molar-refractivity contribution in [3.8, 4) is 16.2 Å². The molecule has 0 aliphatic carbocycles. The molecule has 0 atom stereocenters. The van der Waals surface area contributed by atoms with Crippen molar-refractivity contribution in [1.82, 2.24) is 9.88 Å². The summed E-state index contributed by atoms with van der Waals surface area (Å²) in [4.78, 5) is 22.0. The molecule has 1 N–H and O–H groups in total. The Morgan fingerprint density at radius 3 is 2.61 bits per heavy atom. The normalized spacial score (nSPS) is 11.5. The van der Waals surface area contributed by atoms with Crippen LogP contribution in [-0.4, -0.2) is 35.0 Å². The number of fused-ring (bicyclic) bond motifs is 1. The number of aromatic nitrogens is 1. The second kappa shape index (κ2) is 10.5. The number of aryl methyl sites for hydroxylation is 1. The fourth-order valence-corrected chi connectivity index (χ4v) is 5.46. The number of thiophene rings is 1. The number of ether oxygens (including phenoxy) is 1. The lowest BCUT2D eigenvalue weighted by molar-refractivity contribution is -0.117. The molecule has 0 aliphatic heterocycles. The van der Waals surface area contributed by atoms with Crippen molar-refractivity contribution in [2.45, 2.75) is 40.3 Å². The Morgan fingerprint density at radius 2 is 1.88 bits per heavy atom. The quantitative estimate of drug-likeness (QED) is 0.295. The van der Waals surface area contributed by atoms with Crippen molar-refractivity contribution in [3.63, 3.8) is 0 Å². The third kappa shape index (κ3) is 5.99. The van der Waals surface area contributed by atoms with Crippen LogP contribution in [0, 0.1) is 6.92 Å². The molecule has 0 fully saturated rings. The molecule has 0 spiro atoms. The molecule has 0 bridgehead atoms. The lowest BCUT2D eigenvalue weighted by atomic mass is 10.1. The molecular weight excluding hydrogens is 450 g/mol. The van der Waals surface area contributed by atoms with E-state index in [4.69, 9.17) is 4.74 Å². The van der Waals surface area contributed by atoms with Crippen LogP contribution in [0.3, 0.4) is 0 Å². The van der Waals surface area contributed by atoms with E-state index in [2.05, 4.69) is 72.4 Å². The molecule has 0 radical (unpaired) electrons. The van der Waals surface area contributed by atoms with E-state index in [9.17, 15) is 4.79 Å². The Morgan fingerprint density at radius 1 is 1.09 bits per heavy atom. The van der Waals surface area contributed by atoms with Gasteiger partial charge in [0.25, 0.3) is 0 Å². The molecule has 0 aliphatic rings. The molecule has 0 unspecified atom stereocenters. The van der Waals surface area contributed by atoms with E-state index < -0.39 is 0 Å². The van der Waals surface area contributed by atoms with Crippen LogP contribution in [0.2, 0.25) is 0 Å². The summed E-state index contributed by atoms with van der Waals surface area (Å²) < 4.78 is 6.56. The van der Waals surface area contributed by atoms with E-state index in [1.165, 1.54) is 32.2 Å². The third-order valence-corrected chi connectivity index (χ3v) is 7.40. The zero-order chi connectivity index (χ0) is 23.4. The minimum absolute atomic E-state index is 0.0527. The van der Waals surface area contributed by atoms with Gasteiger partial charge in [0.2, 0.25) is 5.91 Å². The second-order valence-electron chi connectivity index (χ2n) is 8.26. The first-order chi connectivity index (χ1) is 15.9. The van der Waals surface area contributed by atoms with Crippen LogP contribution in [-0.2, 0) is 11.3 Å². The van der Waals surface area contributed by atoms with Gasteiger partial charge in [-0.15, -0.1) is 11.3 Å². The second-order valence-corrected chi connectivity index (χ2v) is 10.5. The monoisotopic (exact) mass is 479 g/mol. The van der Waals surface area contributed by atoms with Gasteiger partial charge in [-0.2, -0.15) is 0 Å². The van der Waals surface area contributed by atoms with Crippen LogP contribution in [0.1, 0.15) is 31.2 Å². The fourth-order valence-electron chi connectivity index (χ4n) is 3.52. The van der Waals surface area contributed by atoms with Crippen LogP contribution in [0.5, 0.6) is 5.75 Å². The summed E-state index contributed by atoms with van der Waals surface area (Å²) in [5, 5.41) is 3.60. The summed E-state index contributed by atoms with van der Waals surface area (Å²) in [7, 11) is 0. The molecule has 2 aromatic carbocycles. The summed E-state index contributed by atoms with van der Waals surface area (Å²) in [5.74, 6) is 0.765. The van der Waals surface area contributed by atoms with Gasteiger partial charge >= 0.3 is 0 Å². The molecule has 4 aromatic rings. The first-order valence-electron chi connectivity index (χ1n) is 11.1. The topological polar surface area (TPSA) is 54.5 Å². The van der Waals surface area contributed by atoms with Crippen molar-refractivity contribution >= 4 is 43.9 Å². The highest BCUT2D eigenvalue weighted by Gasteiger charge is 2.17. The van der Waals surface area contributed by atoms with Crippen LogP contribution < -0.4 is 10.1 Å². The van der Waals surface area contributed by atoms with Gasteiger partial charge < -0.3 is 10.1 Å². The van der Waals surface area contributed by atoms with E-state index in [0.717, 1.165) is 22.5 Å². The minimum atomic E-state index is -0.0527. The average Bonchev–Trinajstić information content (AvgIpc) is 3.40. The molecule has 0 saturated heterocycles. The number of hydrogen-bond acceptors (Lipinski definition) is 6. The summed E-state index contributed by atoms with van der Waals surface area (Å²) in [5.41, 5.74) is 3.35. The SMILES string of the molecule is CCOc1ccc2nc(NC(=O)CN(Cc3ccc(-c4ccc(C)cc4)s3)C(C)C)sc2c1. The number of amides is 1. The van der Waals surface area contributed by atoms with Gasteiger partial charge in [-0.05, 0) is 63.6 Å². The number of nitrogens with one attached hydrogen (secondary N) is 1. The van der Waals surface area contributed by atoms with Gasteiger partial charge in [-0.1, -0.05) is 41.2 Å². The average molecular weight is 480 g/mol. The molecule has 1 amide bonds. The number of rotatable bonds is 9. The highest BCUT2D eigenvalue weighted by atomic mass is 32.1.